The topological polar surface area (TPSA) is 29.1 Å². The highest BCUT2D eigenvalue weighted by Crippen LogP contribution is 2.17. The van der Waals surface area contributed by atoms with Crippen molar-refractivity contribution >= 4 is 18.2 Å². The molecule has 0 radical (unpaired) electrons. The summed E-state index contributed by atoms with van der Waals surface area (Å²) in [5, 5.41) is 3.22. The van der Waals surface area contributed by atoms with Gasteiger partial charge in [-0.25, -0.2) is 4.39 Å². The van der Waals surface area contributed by atoms with E-state index in [1.54, 1.807) is 18.2 Å². The Morgan fingerprint density at radius 1 is 1.29 bits per heavy atom. The Balaban J connectivity index is 0.00000144. The van der Waals surface area contributed by atoms with E-state index in [9.17, 15) is 9.18 Å². The summed E-state index contributed by atoms with van der Waals surface area (Å²) < 4.78 is 13.4. The van der Waals surface area contributed by atoms with Gasteiger partial charge in [-0.05, 0) is 37.6 Å². The van der Waals surface area contributed by atoms with E-state index < -0.39 is 0 Å². The molecule has 1 saturated heterocycles. The van der Waals surface area contributed by atoms with Crippen molar-refractivity contribution in [3.63, 3.8) is 0 Å². The minimum Gasteiger partial charge on any atom is -0.317 e. The van der Waals surface area contributed by atoms with Crippen LogP contribution in [0.1, 0.15) is 18.4 Å². The van der Waals surface area contributed by atoms with E-state index in [0.717, 1.165) is 25.9 Å². The third kappa shape index (κ3) is 3.79. The fraction of sp³-hybridized carbons (Fsp3) is 0.462. The molecule has 0 unspecified atom stereocenters. The molecule has 1 aromatic rings. The number of benzene rings is 1. The maximum atomic E-state index is 13.4. The van der Waals surface area contributed by atoms with Crippen LogP contribution in [0.25, 0.3) is 0 Å². The first-order chi connectivity index (χ1) is 7.77. The van der Waals surface area contributed by atoms with Crippen molar-refractivity contribution in [3.8, 4) is 0 Å². The Morgan fingerprint density at radius 2 is 1.94 bits per heavy atom. The minimum absolute atomic E-state index is 0. The summed E-state index contributed by atoms with van der Waals surface area (Å²) in [6, 6.07) is 6.52. The van der Waals surface area contributed by atoms with E-state index in [0.29, 0.717) is 5.56 Å². The number of piperidine rings is 1. The largest absolute Gasteiger partial charge is 0.317 e. The molecular weight excluding hydrogens is 241 g/mol. The van der Waals surface area contributed by atoms with Crippen molar-refractivity contribution in [2.24, 2.45) is 5.92 Å². The highest BCUT2D eigenvalue weighted by molar-refractivity contribution is 5.85. The first kappa shape index (κ1) is 14.1. The third-order valence-electron chi connectivity index (χ3n) is 3.12. The fourth-order valence-corrected chi connectivity index (χ4v) is 2.12. The molecule has 1 aliphatic rings. The number of nitrogens with one attached hydrogen (secondary N) is 1. The Labute approximate surface area is 107 Å². The van der Waals surface area contributed by atoms with Gasteiger partial charge < -0.3 is 5.32 Å². The summed E-state index contributed by atoms with van der Waals surface area (Å²) in [6.45, 7) is 1.79. The predicted molar refractivity (Wildman–Crippen MR) is 68.0 cm³/mol. The van der Waals surface area contributed by atoms with Crippen LogP contribution in [0.2, 0.25) is 0 Å². The van der Waals surface area contributed by atoms with E-state index in [2.05, 4.69) is 5.32 Å². The summed E-state index contributed by atoms with van der Waals surface area (Å²) in [5.41, 5.74) is 0.519. The highest BCUT2D eigenvalue weighted by Gasteiger charge is 2.21. The molecule has 1 aliphatic heterocycles. The summed E-state index contributed by atoms with van der Waals surface area (Å²) in [4.78, 5) is 11.9. The van der Waals surface area contributed by atoms with Crippen LogP contribution in [0, 0.1) is 11.7 Å². The van der Waals surface area contributed by atoms with Gasteiger partial charge in [-0.1, -0.05) is 18.2 Å². The molecule has 2 nitrogen and oxygen atoms in total. The standard InChI is InChI=1S/C13H16FNO.ClH/c14-12-4-2-1-3-11(12)9-13(16)10-5-7-15-8-6-10;/h1-4,10,15H,5-9H2;1H. The van der Waals surface area contributed by atoms with Gasteiger partial charge in [0.1, 0.15) is 11.6 Å². The van der Waals surface area contributed by atoms with Crippen molar-refractivity contribution < 1.29 is 9.18 Å². The van der Waals surface area contributed by atoms with Gasteiger partial charge >= 0.3 is 0 Å². The van der Waals surface area contributed by atoms with E-state index in [1.165, 1.54) is 6.07 Å². The molecule has 1 fully saturated rings. The third-order valence-corrected chi connectivity index (χ3v) is 3.12. The molecule has 2 rings (SSSR count). The van der Waals surface area contributed by atoms with Gasteiger partial charge in [0.15, 0.2) is 0 Å². The van der Waals surface area contributed by atoms with Crippen LogP contribution >= 0.6 is 12.4 Å². The Kier molecular flexibility index (Phi) is 5.59. The molecule has 1 heterocycles. The second kappa shape index (κ2) is 6.72. The maximum Gasteiger partial charge on any atom is 0.140 e. The molecule has 0 aliphatic carbocycles. The summed E-state index contributed by atoms with van der Waals surface area (Å²) in [6.07, 6.45) is 2.00. The van der Waals surface area contributed by atoms with Crippen LogP contribution in [0.15, 0.2) is 24.3 Å². The van der Waals surface area contributed by atoms with Gasteiger partial charge in [0.05, 0.1) is 0 Å². The van der Waals surface area contributed by atoms with Crippen molar-refractivity contribution in [1.29, 1.82) is 0 Å². The molecule has 0 bridgehead atoms. The van der Waals surface area contributed by atoms with E-state index >= 15 is 0 Å². The predicted octanol–water partition coefficient (Wildman–Crippen LogP) is 2.36. The van der Waals surface area contributed by atoms with E-state index in [4.69, 9.17) is 0 Å². The molecule has 1 aromatic carbocycles. The highest BCUT2D eigenvalue weighted by atomic mass is 35.5. The van der Waals surface area contributed by atoms with Crippen LogP contribution in [0.4, 0.5) is 4.39 Å². The lowest BCUT2D eigenvalue weighted by Gasteiger charge is -2.21. The molecule has 0 atom stereocenters. The quantitative estimate of drug-likeness (QED) is 0.901. The van der Waals surface area contributed by atoms with Crippen LogP contribution in [0.5, 0.6) is 0 Å². The first-order valence-electron chi connectivity index (χ1n) is 5.74. The summed E-state index contributed by atoms with van der Waals surface area (Å²) in [5.74, 6) is 0.0113. The van der Waals surface area contributed by atoms with Crippen LogP contribution < -0.4 is 5.32 Å². The number of hydrogen-bond acceptors (Lipinski definition) is 2. The van der Waals surface area contributed by atoms with Crippen LogP contribution in [-0.4, -0.2) is 18.9 Å². The Hall–Kier alpha value is -0.930. The molecule has 0 saturated carbocycles. The zero-order valence-electron chi connectivity index (χ0n) is 9.62. The Morgan fingerprint density at radius 3 is 2.59 bits per heavy atom. The zero-order valence-corrected chi connectivity index (χ0v) is 10.4. The lowest BCUT2D eigenvalue weighted by atomic mass is 9.90. The Bertz CT molecular complexity index is 377. The maximum absolute atomic E-state index is 13.4. The molecule has 4 heteroatoms. The molecule has 0 amide bonds. The molecule has 94 valence electrons. The van der Waals surface area contributed by atoms with Crippen LogP contribution in [0.3, 0.4) is 0 Å². The number of Topliss-reactive ketones (excluding diaryl/α,β-unsaturated/α-hetero) is 1. The van der Waals surface area contributed by atoms with Crippen molar-refractivity contribution in [2.75, 3.05) is 13.1 Å². The van der Waals surface area contributed by atoms with Crippen LogP contribution in [-0.2, 0) is 11.2 Å². The fourth-order valence-electron chi connectivity index (χ4n) is 2.12. The number of halogens is 2. The average Bonchev–Trinajstić information content (AvgIpc) is 2.33. The van der Waals surface area contributed by atoms with Crippen molar-refractivity contribution in [2.45, 2.75) is 19.3 Å². The number of carbonyl (C=O) groups is 1. The van der Waals surface area contributed by atoms with Gasteiger partial charge in [-0.2, -0.15) is 0 Å². The van der Waals surface area contributed by atoms with Crippen molar-refractivity contribution in [1.82, 2.24) is 5.32 Å². The van der Waals surface area contributed by atoms with Gasteiger partial charge in [-0.3, -0.25) is 4.79 Å². The van der Waals surface area contributed by atoms with E-state index in [-0.39, 0.29) is 36.3 Å². The molecule has 0 aromatic heterocycles. The molecule has 1 N–H and O–H groups in total. The number of carbonyl (C=O) groups excluding carboxylic acids is 1. The normalized spacial score (nSPS) is 16.3. The molecule has 17 heavy (non-hydrogen) atoms. The zero-order chi connectivity index (χ0) is 11.4. The smallest absolute Gasteiger partial charge is 0.140 e. The second-order valence-electron chi connectivity index (χ2n) is 4.26. The average molecular weight is 258 g/mol. The lowest BCUT2D eigenvalue weighted by molar-refractivity contribution is -0.122. The minimum atomic E-state index is -0.273. The van der Waals surface area contributed by atoms with Crippen molar-refractivity contribution in [3.05, 3.63) is 35.6 Å². The van der Waals surface area contributed by atoms with Gasteiger partial charge in [0.2, 0.25) is 0 Å². The van der Waals surface area contributed by atoms with Gasteiger partial charge in [0, 0.05) is 12.3 Å². The molecule has 0 spiro atoms. The van der Waals surface area contributed by atoms with Gasteiger partial charge in [-0.15, -0.1) is 12.4 Å². The van der Waals surface area contributed by atoms with E-state index in [1.807, 2.05) is 0 Å². The van der Waals surface area contributed by atoms with Gasteiger partial charge in [0.25, 0.3) is 0 Å². The number of ketones is 1. The lowest BCUT2D eigenvalue weighted by Crippen LogP contribution is -2.32. The number of rotatable bonds is 3. The first-order valence-corrected chi connectivity index (χ1v) is 5.74. The molecular formula is C13H17ClFNO. The second-order valence-corrected chi connectivity index (χ2v) is 4.26. The summed E-state index contributed by atoms with van der Waals surface area (Å²) in [7, 11) is 0. The monoisotopic (exact) mass is 257 g/mol. The number of hydrogen-bond donors (Lipinski definition) is 1. The SMILES string of the molecule is Cl.O=C(Cc1ccccc1F)C1CCNCC1. The summed E-state index contributed by atoms with van der Waals surface area (Å²) >= 11 is 0.